The van der Waals surface area contributed by atoms with Gasteiger partial charge in [-0.25, -0.2) is 8.42 Å². The number of rotatable bonds is 6. The lowest BCUT2D eigenvalue weighted by Crippen LogP contribution is -2.53. The number of nitrogens with zero attached hydrogens (tertiary/aromatic N) is 2. The van der Waals surface area contributed by atoms with Crippen LogP contribution in [0.1, 0.15) is 69.2 Å². The Hall–Kier alpha value is -1.44. The number of benzene rings is 1. The van der Waals surface area contributed by atoms with Crippen molar-refractivity contribution in [2.75, 3.05) is 32.7 Å². The molecule has 0 bridgehead atoms. The topological polar surface area (TPSA) is 69.7 Å². The number of amides is 1. The van der Waals surface area contributed by atoms with Gasteiger partial charge in [0.25, 0.3) is 5.91 Å². The summed E-state index contributed by atoms with van der Waals surface area (Å²) in [6.45, 7) is 8.20. The zero-order chi connectivity index (χ0) is 20.9. The molecule has 2 aliphatic heterocycles. The third-order valence-electron chi connectivity index (χ3n) is 6.21. The molecule has 1 aromatic rings. The van der Waals surface area contributed by atoms with Crippen LogP contribution >= 0.6 is 0 Å². The molecule has 29 heavy (non-hydrogen) atoms. The van der Waals surface area contributed by atoms with Crippen LogP contribution in [0.5, 0.6) is 0 Å². The molecule has 2 fully saturated rings. The number of hydrogen-bond acceptors (Lipinski definition) is 4. The van der Waals surface area contributed by atoms with E-state index in [4.69, 9.17) is 0 Å². The highest BCUT2D eigenvalue weighted by atomic mass is 32.2. The van der Waals surface area contributed by atoms with Crippen LogP contribution in [-0.4, -0.2) is 61.8 Å². The van der Waals surface area contributed by atoms with Crippen molar-refractivity contribution in [3.63, 3.8) is 0 Å². The number of nitrogens with one attached hydrogen (secondary N) is 1. The van der Waals surface area contributed by atoms with E-state index < -0.39 is 10.0 Å². The largest absolute Gasteiger partial charge is 0.350 e. The van der Waals surface area contributed by atoms with Gasteiger partial charge in [0.1, 0.15) is 0 Å². The summed E-state index contributed by atoms with van der Waals surface area (Å²) in [7, 11) is -3.48. The summed E-state index contributed by atoms with van der Waals surface area (Å²) >= 11 is 0. The van der Waals surface area contributed by atoms with Gasteiger partial charge in [0.15, 0.2) is 0 Å². The van der Waals surface area contributed by atoms with Crippen molar-refractivity contribution >= 4 is 15.9 Å². The van der Waals surface area contributed by atoms with E-state index in [1.165, 1.54) is 19.3 Å². The van der Waals surface area contributed by atoms with Crippen LogP contribution in [0.2, 0.25) is 0 Å². The summed E-state index contributed by atoms with van der Waals surface area (Å²) in [4.78, 5) is 15.3. The highest BCUT2D eigenvalue weighted by molar-refractivity contribution is 7.89. The third-order valence-corrected chi connectivity index (χ3v) is 8.13. The Kier molecular flexibility index (Phi) is 7.35. The van der Waals surface area contributed by atoms with Gasteiger partial charge in [0, 0.05) is 30.7 Å². The Morgan fingerprint density at radius 2 is 1.41 bits per heavy atom. The van der Waals surface area contributed by atoms with E-state index in [2.05, 4.69) is 24.1 Å². The predicted molar refractivity (Wildman–Crippen MR) is 116 cm³/mol. The van der Waals surface area contributed by atoms with Gasteiger partial charge in [-0.3, -0.25) is 9.69 Å². The lowest BCUT2D eigenvalue weighted by atomic mass is 9.98. The summed E-state index contributed by atoms with van der Waals surface area (Å²) in [5.74, 6) is -0.159. The van der Waals surface area contributed by atoms with Crippen molar-refractivity contribution in [3.8, 4) is 0 Å². The van der Waals surface area contributed by atoms with Gasteiger partial charge in [-0.05, 0) is 76.9 Å². The summed E-state index contributed by atoms with van der Waals surface area (Å²) in [5, 5.41) is 3.03. The van der Waals surface area contributed by atoms with Crippen LogP contribution in [0.3, 0.4) is 0 Å². The monoisotopic (exact) mass is 421 g/mol. The molecule has 2 aliphatic rings. The van der Waals surface area contributed by atoms with Crippen molar-refractivity contribution in [1.29, 1.82) is 0 Å². The normalized spacial score (nSPS) is 20.2. The van der Waals surface area contributed by atoms with E-state index in [0.717, 1.165) is 38.8 Å². The second-order valence-electron chi connectivity index (χ2n) is 8.89. The summed E-state index contributed by atoms with van der Waals surface area (Å²) in [5.41, 5.74) is 0.404. The van der Waals surface area contributed by atoms with E-state index in [-0.39, 0.29) is 16.3 Å². The van der Waals surface area contributed by atoms with Crippen LogP contribution < -0.4 is 5.32 Å². The molecule has 6 nitrogen and oxygen atoms in total. The number of sulfonamides is 1. The van der Waals surface area contributed by atoms with Crippen molar-refractivity contribution in [1.82, 2.24) is 14.5 Å². The molecule has 3 rings (SSSR count). The van der Waals surface area contributed by atoms with Gasteiger partial charge in [0.05, 0.1) is 4.90 Å². The molecule has 2 heterocycles. The van der Waals surface area contributed by atoms with E-state index in [1.54, 1.807) is 28.6 Å². The summed E-state index contributed by atoms with van der Waals surface area (Å²) < 4.78 is 27.3. The molecule has 0 radical (unpaired) electrons. The fourth-order valence-corrected chi connectivity index (χ4v) is 5.74. The molecule has 7 heteroatoms. The minimum Gasteiger partial charge on any atom is -0.350 e. The minimum atomic E-state index is -3.48. The van der Waals surface area contributed by atoms with Gasteiger partial charge in [-0.1, -0.05) is 19.3 Å². The number of carbonyl (C=O) groups excluding carboxylic acids is 1. The number of hydrogen-bond donors (Lipinski definition) is 1. The molecule has 0 spiro atoms. The van der Waals surface area contributed by atoms with Crippen molar-refractivity contribution < 1.29 is 13.2 Å². The van der Waals surface area contributed by atoms with Gasteiger partial charge in [-0.2, -0.15) is 4.31 Å². The Morgan fingerprint density at radius 1 is 0.897 bits per heavy atom. The minimum absolute atomic E-state index is 0.0911. The second kappa shape index (κ2) is 9.58. The van der Waals surface area contributed by atoms with Crippen LogP contribution in [0.25, 0.3) is 0 Å². The first-order valence-corrected chi connectivity index (χ1v) is 12.4. The molecule has 0 aromatic heterocycles. The Bertz CT molecular complexity index is 776. The van der Waals surface area contributed by atoms with E-state index in [1.807, 2.05) is 0 Å². The summed E-state index contributed by atoms with van der Waals surface area (Å²) in [6, 6.07) is 6.36. The molecule has 0 aliphatic carbocycles. The fourth-order valence-electron chi connectivity index (χ4n) is 4.22. The van der Waals surface area contributed by atoms with Crippen LogP contribution in [-0.2, 0) is 10.0 Å². The Balaban J connectivity index is 1.61. The SMILES string of the molecule is CC(C)(CNC(=O)c1ccc(S(=O)(=O)N2CCCCCC2)cc1)N1CCCCC1. The smallest absolute Gasteiger partial charge is 0.251 e. The zero-order valence-corrected chi connectivity index (χ0v) is 18.6. The molecule has 1 aromatic carbocycles. The van der Waals surface area contributed by atoms with Crippen molar-refractivity contribution in [2.24, 2.45) is 0 Å². The predicted octanol–water partition coefficient (Wildman–Crippen LogP) is 3.25. The standard InChI is InChI=1S/C22H35N3O3S/c1-22(2,24-14-6-5-7-15-24)18-23-21(26)19-10-12-20(13-11-19)29(27,28)25-16-8-3-4-9-17-25/h10-13H,3-9,14-18H2,1-2H3,(H,23,26). The maximum atomic E-state index is 12.9. The molecule has 0 atom stereocenters. The van der Waals surface area contributed by atoms with Crippen LogP contribution in [0, 0.1) is 0 Å². The highest BCUT2D eigenvalue weighted by Gasteiger charge is 2.29. The molecule has 1 amide bonds. The van der Waals surface area contributed by atoms with Gasteiger partial charge >= 0.3 is 0 Å². The van der Waals surface area contributed by atoms with Gasteiger partial charge in [-0.15, -0.1) is 0 Å². The maximum Gasteiger partial charge on any atom is 0.251 e. The van der Waals surface area contributed by atoms with Crippen molar-refractivity contribution in [2.45, 2.75) is 69.2 Å². The lowest BCUT2D eigenvalue weighted by molar-refractivity contribution is 0.0797. The van der Waals surface area contributed by atoms with Crippen molar-refractivity contribution in [3.05, 3.63) is 29.8 Å². The second-order valence-corrected chi connectivity index (χ2v) is 10.8. The van der Waals surface area contributed by atoms with Crippen LogP contribution in [0.4, 0.5) is 0 Å². The first-order valence-electron chi connectivity index (χ1n) is 10.9. The van der Waals surface area contributed by atoms with Gasteiger partial charge in [0.2, 0.25) is 10.0 Å². The molecule has 0 saturated carbocycles. The highest BCUT2D eigenvalue weighted by Crippen LogP contribution is 2.22. The first-order chi connectivity index (χ1) is 13.8. The summed E-state index contributed by atoms with van der Waals surface area (Å²) in [6.07, 6.45) is 7.69. The Labute approximate surface area is 175 Å². The maximum absolute atomic E-state index is 12.9. The molecule has 0 unspecified atom stereocenters. The van der Waals surface area contributed by atoms with Crippen LogP contribution in [0.15, 0.2) is 29.2 Å². The molecule has 2 saturated heterocycles. The molecule has 162 valence electrons. The van der Waals surface area contributed by atoms with E-state index in [0.29, 0.717) is 25.2 Å². The first kappa shape index (κ1) is 22.2. The zero-order valence-electron chi connectivity index (χ0n) is 17.8. The average Bonchev–Trinajstić information content (AvgIpc) is 3.03. The Morgan fingerprint density at radius 3 is 2.00 bits per heavy atom. The fraction of sp³-hybridized carbons (Fsp3) is 0.682. The molecule has 1 N–H and O–H groups in total. The lowest BCUT2D eigenvalue weighted by Gasteiger charge is -2.41. The quantitative estimate of drug-likeness (QED) is 0.766. The third kappa shape index (κ3) is 5.58. The van der Waals surface area contributed by atoms with E-state index in [9.17, 15) is 13.2 Å². The number of carbonyl (C=O) groups is 1. The molecular formula is C22H35N3O3S. The van der Waals surface area contributed by atoms with E-state index >= 15 is 0 Å². The number of likely N-dealkylation sites (tertiary alicyclic amines) is 1. The molecular weight excluding hydrogens is 386 g/mol. The number of piperidine rings is 1. The average molecular weight is 422 g/mol. The van der Waals surface area contributed by atoms with Gasteiger partial charge < -0.3 is 5.32 Å².